The second-order valence-corrected chi connectivity index (χ2v) is 4.15. The fraction of sp³-hybridized carbons (Fsp3) is 0.714. The summed E-state index contributed by atoms with van der Waals surface area (Å²) < 4.78 is 3.31. The van der Waals surface area contributed by atoms with Gasteiger partial charge in [0.15, 0.2) is 4.73 Å². The summed E-state index contributed by atoms with van der Waals surface area (Å²) in [5.41, 5.74) is 0. The second kappa shape index (κ2) is 4.37. The first-order chi connectivity index (χ1) is 5.65. The zero-order valence-corrected chi connectivity index (χ0v) is 10.3. The third-order valence-electron chi connectivity index (χ3n) is 1.69. The topological polar surface area (TPSA) is 30.7 Å². The Morgan fingerprint density at radius 2 is 2.17 bits per heavy atom. The molecule has 68 valence electrons. The number of aromatic nitrogens is 3. The van der Waals surface area contributed by atoms with Gasteiger partial charge in [0, 0.05) is 0 Å². The third kappa shape index (κ3) is 2.29. The third-order valence-corrected chi connectivity index (χ3v) is 2.56. The average molecular weight is 297 g/mol. The van der Waals surface area contributed by atoms with Crippen LogP contribution in [0.15, 0.2) is 9.47 Å². The number of hydrogen-bond donors (Lipinski definition) is 0. The van der Waals surface area contributed by atoms with Gasteiger partial charge in [-0.15, -0.1) is 5.10 Å². The molecule has 0 fully saturated rings. The van der Waals surface area contributed by atoms with Gasteiger partial charge < -0.3 is 0 Å². The molecule has 12 heavy (non-hydrogen) atoms. The highest BCUT2D eigenvalue weighted by Crippen LogP contribution is 2.19. The highest BCUT2D eigenvalue weighted by molar-refractivity contribution is 9.11. The molecule has 0 radical (unpaired) electrons. The van der Waals surface area contributed by atoms with E-state index in [4.69, 9.17) is 0 Å². The molecule has 1 rings (SSSR count). The van der Waals surface area contributed by atoms with E-state index >= 15 is 0 Å². The zero-order valence-electron chi connectivity index (χ0n) is 7.09. The molecule has 0 aliphatic carbocycles. The average Bonchev–Trinajstić information content (AvgIpc) is 2.30. The van der Waals surface area contributed by atoms with Crippen LogP contribution in [0.5, 0.6) is 0 Å². The van der Waals surface area contributed by atoms with Crippen LogP contribution in [0.4, 0.5) is 0 Å². The van der Waals surface area contributed by atoms with E-state index in [2.05, 4.69) is 55.8 Å². The van der Waals surface area contributed by atoms with Gasteiger partial charge in [0.25, 0.3) is 0 Å². The van der Waals surface area contributed by atoms with Gasteiger partial charge in [0.1, 0.15) is 0 Å². The number of hydrogen-bond acceptors (Lipinski definition) is 2. The largest absolute Gasteiger partial charge is 0.236 e. The summed E-state index contributed by atoms with van der Waals surface area (Å²) in [4.78, 5) is 4.10. The van der Waals surface area contributed by atoms with E-state index in [1.54, 1.807) is 0 Å². The molecule has 0 aliphatic heterocycles. The van der Waals surface area contributed by atoms with E-state index in [0.29, 0.717) is 10.8 Å². The van der Waals surface area contributed by atoms with Gasteiger partial charge in [0.2, 0.25) is 4.73 Å². The van der Waals surface area contributed by atoms with Crippen LogP contribution in [0.1, 0.15) is 32.7 Å². The zero-order chi connectivity index (χ0) is 9.14. The van der Waals surface area contributed by atoms with Gasteiger partial charge >= 0.3 is 0 Å². The molecule has 1 aromatic heterocycles. The molecule has 0 N–H and O–H groups in total. The predicted molar refractivity (Wildman–Crippen MR) is 55.0 cm³/mol. The summed E-state index contributed by atoms with van der Waals surface area (Å²) in [6.07, 6.45) is 2.28. The molecule has 0 aliphatic rings. The molecule has 0 saturated heterocycles. The lowest BCUT2D eigenvalue weighted by molar-refractivity contribution is 0.444. The van der Waals surface area contributed by atoms with Crippen molar-refractivity contribution in [3.8, 4) is 0 Å². The van der Waals surface area contributed by atoms with Crippen molar-refractivity contribution in [1.29, 1.82) is 0 Å². The van der Waals surface area contributed by atoms with Crippen molar-refractivity contribution in [2.24, 2.45) is 0 Å². The van der Waals surface area contributed by atoms with Crippen LogP contribution in [0.25, 0.3) is 0 Å². The molecule has 0 amide bonds. The van der Waals surface area contributed by atoms with Crippen LogP contribution in [0, 0.1) is 0 Å². The quantitative estimate of drug-likeness (QED) is 0.858. The first kappa shape index (κ1) is 10.2. The van der Waals surface area contributed by atoms with Crippen molar-refractivity contribution >= 4 is 31.9 Å². The van der Waals surface area contributed by atoms with E-state index in [1.165, 1.54) is 0 Å². The normalized spacial score (nSPS) is 13.3. The Hall–Kier alpha value is 0.1000. The molecular weight excluding hydrogens is 286 g/mol. The van der Waals surface area contributed by atoms with Gasteiger partial charge in [-0.2, -0.15) is 4.98 Å². The molecule has 0 bridgehead atoms. The summed E-state index contributed by atoms with van der Waals surface area (Å²) in [6, 6.07) is 0.406. The summed E-state index contributed by atoms with van der Waals surface area (Å²) in [7, 11) is 0. The Bertz CT molecular complexity index is 259. The van der Waals surface area contributed by atoms with Crippen molar-refractivity contribution in [2.45, 2.75) is 32.7 Å². The Labute approximate surface area is 88.8 Å². The number of rotatable bonds is 3. The maximum Gasteiger partial charge on any atom is 0.218 e. The molecule has 0 aromatic carbocycles. The van der Waals surface area contributed by atoms with Gasteiger partial charge in [-0.25, -0.2) is 4.68 Å². The van der Waals surface area contributed by atoms with Gasteiger partial charge in [-0.05, 0) is 45.2 Å². The van der Waals surface area contributed by atoms with Crippen LogP contribution in [0.3, 0.4) is 0 Å². The molecular formula is C7H11Br2N3. The first-order valence-corrected chi connectivity index (χ1v) is 5.51. The molecule has 1 heterocycles. The van der Waals surface area contributed by atoms with E-state index in [-0.39, 0.29) is 0 Å². The Morgan fingerprint density at radius 1 is 1.50 bits per heavy atom. The van der Waals surface area contributed by atoms with E-state index in [1.807, 2.05) is 4.68 Å². The van der Waals surface area contributed by atoms with Crippen molar-refractivity contribution in [2.75, 3.05) is 0 Å². The smallest absolute Gasteiger partial charge is 0.218 e. The van der Waals surface area contributed by atoms with Gasteiger partial charge in [-0.3, -0.25) is 0 Å². The highest BCUT2D eigenvalue weighted by atomic mass is 79.9. The predicted octanol–water partition coefficient (Wildman–Crippen LogP) is 3.16. The SMILES string of the molecule is CCCC(C)n1nc(Br)nc1Br. The first-order valence-electron chi connectivity index (χ1n) is 3.92. The highest BCUT2D eigenvalue weighted by Gasteiger charge is 2.10. The van der Waals surface area contributed by atoms with Gasteiger partial charge in [0.05, 0.1) is 6.04 Å². The Balaban J connectivity index is 2.79. The standard InChI is InChI=1S/C7H11Br2N3/c1-3-4-5(2)12-7(9)10-6(8)11-12/h5H,3-4H2,1-2H3. The molecule has 0 spiro atoms. The lowest BCUT2D eigenvalue weighted by Crippen LogP contribution is -2.06. The van der Waals surface area contributed by atoms with Crippen LogP contribution in [-0.2, 0) is 0 Å². The second-order valence-electron chi connectivity index (χ2n) is 2.73. The van der Waals surface area contributed by atoms with Crippen molar-refractivity contribution in [1.82, 2.24) is 14.8 Å². The van der Waals surface area contributed by atoms with Gasteiger partial charge in [-0.1, -0.05) is 13.3 Å². The van der Waals surface area contributed by atoms with E-state index < -0.39 is 0 Å². The van der Waals surface area contributed by atoms with Crippen LogP contribution < -0.4 is 0 Å². The summed E-state index contributed by atoms with van der Waals surface area (Å²) >= 11 is 6.58. The van der Waals surface area contributed by atoms with Crippen molar-refractivity contribution in [3.63, 3.8) is 0 Å². The summed E-state index contributed by atoms with van der Waals surface area (Å²) in [6.45, 7) is 4.30. The minimum atomic E-state index is 0.406. The molecule has 0 saturated carbocycles. The summed E-state index contributed by atoms with van der Waals surface area (Å²) in [5.74, 6) is 0. The van der Waals surface area contributed by atoms with Crippen LogP contribution >= 0.6 is 31.9 Å². The maximum atomic E-state index is 4.20. The van der Waals surface area contributed by atoms with E-state index in [9.17, 15) is 0 Å². The molecule has 1 atom stereocenters. The monoisotopic (exact) mass is 295 g/mol. The van der Waals surface area contributed by atoms with Crippen molar-refractivity contribution in [3.05, 3.63) is 9.47 Å². The number of halogens is 2. The molecule has 1 unspecified atom stereocenters. The van der Waals surface area contributed by atoms with Crippen LogP contribution in [-0.4, -0.2) is 14.8 Å². The number of nitrogens with zero attached hydrogens (tertiary/aromatic N) is 3. The minimum Gasteiger partial charge on any atom is -0.236 e. The summed E-state index contributed by atoms with van der Waals surface area (Å²) in [5, 5.41) is 4.20. The van der Waals surface area contributed by atoms with Crippen LogP contribution in [0.2, 0.25) is 0 Å². The lowest BCUT2D eigenvalue weighted by Gasteiger charge is -2.10. The Morgan fingerprint density at radius 3 is 2.58 bits per heavy atom. The Kier molecular flexibility index (Phi) is 3.71. The minimum absolute atomic E-state index is 0.406. The molecule has 5 heteroatoms. The van der Waals surface area contributed by atoms with E-state index in [0.717, 1.165) is 17.6 Å². The lowest BCUT2D eigenvalue weighted by atomic mass is 10.2. The van der Waals surface area contributed by atoms with Crippen molar-refractivity contribution < 1.29 is 0 Å². The fourth-order valence-electron chi connectivity index (χ4n) is 1.10. The maximum absolute atomic E-state index is 4.20. The molecule has 1 aromatic rings. The fourth-order valence-corrected chi connectivity index (χ4v) is 2.27. The molecule has 3 nitrogen and oxygen atoms in total.